The average Bonchev–Trinajstić information content (AvgIpc) is 3.22. The molecule has 0 atom stereocenters. The maximum Gasteiger partial charge on any atom is 0.329 e. The van der Waals surface area contributed by atoms with Crippen molar-refractivity contribution in [2.45, 2.75) is 44.2 Å². The van der Waals surface area contributed by atoms with E-state index in [4.69, 9.17) is 14.9 Å². The summed E-state index contributed by atoms with van der Waals surface area (Å²) >= 11 is 1.67. The number of rotatable bonds is 11. The van der Waals surface area contributed by atoms with Crippen LogP contribution in [0.15, 0.2) is 59.6 Å². The van der Waals surface area contributed by atoms with Crippen LogP contribution in [-0.4, -0.2) is 51.5 Å². The quantitative estimate of drug-likeness (QED) is 0.342. The molecule has 1 aromatic heterocycles. The van der Waals surface area contributed by atoms with E-state index in [9.17, 15) is 9.90 Å². The predicted molar refractivity (Wildman–Crippen MR) is 140 cm³/mol. The highest BCUT2D eigenvalue weighted by Gasteiger charge is 2.26. The number of aliphatic hydroxyl groups is 1. The Bertz CT molecular complexity index is 1110. The zero-order valence-corrected chi connectivity index (χ0v) is 21.0. The molecule has 2 N–H and O–H groups in total. The number of aliphatic carboxylic acids is 1. The number of carboxylic acid groups (broad SMARTS) is 1. The Morgan fingerprint density at radius 3 is 2.46 bits per heavy atom. The Morgan fingerprint density at radius 2 is 1.77 bits per heavy atom. The van der Waals surface area contributed by atoms with Gasteiger partial charge >= 0.3 is 5.97 Å². The number of carbonyl (C=O) groups is 1. The van der Waals surface area contributed by atoms with E-state index in [0.717, 1.165) is 59.6 Å². The zero-order chi connectivity index (χ0) is 24.6. The second-order valence-corrected chi connectivity index (χ2v) is 10.4. The second kappa shape index (κ2) is 12.4. The normalized spacial score (nSPS) is 18.0. The van der Waals surface area contributed by atoms with E-state index < -0.39 is 5.97 Å². The first kappa shape index (κ1) is 25.5. The van der Waals surface area contributed by atoms with Crippen molar-refractivity contribution in [3.05, 3.63) is 60.2 Å². The van der Waals surface area contributed by atoms with E-state index in [0.29, 0.717) is 24.2 Å². The van der Waals surface area contributed by atoms with Crippen molar-refractivity contribution in [1.29, 1.82) is 0 Å². The summed E-state index contributed by atoms with van der Waals surface area (Å²) in [6.45, 7) is 3.36. The minimum absolute atomic E-state index is 0.116. The molecule has 1 aliphatic rings. The number of nitrogens with zero attached hydrogens (tertiary/aromatic N) is 2. The van der Waals surface area contributed by atoms with Crippen molar-refractivity contribution in [1.82, 2.24) is 9.78 Å². The number of hydrogen-bond donors (Lipinski definition) is 2. The molecule has 6 nitrogen and oxygen atoms in total. The van der Waals surface area contributed by atoms with Gasteiger partial charge in [-0.15, -0.1) is 11.8 Å². The standard InChI is InChI=1S/C28H34N2O4S/c1-20-6-5-9-24(16-20)26-27(23-7-3-2-4-8-23)29-30(28(26)35-15-14-31)17-21-10-12-22(13-11-21)18-34-19-25(32)33/h2-9,16,21-22,31H,10-15,17-19H2,1H3,(H,32,33)/t21-,22+. The molecule has 7 heteroatoms. The van der Waals surface area contributed by atoms with Crippen LogP contribution in [-0.2, 0) is 16.1 Å². The molecular weight excluding hydrogens is 460 g/mol. The smallest absolute Gasteiger partial charge is 0.329 e. The van der Waals surface area contributed by atoms with Crippen LogP contribution in [0.25, 0.3) is 22.4 Å². The number of aryl methyl sites for hydroxylation is 1. The first-order valence-corrected chi connectivity index (χ1v) is 13.3. The van der Waals surface area contributed by atoms with E-state index >= 15 is 0 Å². The van der Waals surface area contributed by atoms with E-state index in [1.54, 1.807) is 11.8 Å². The number of ether oxygens (including phenoxy) is 1. The molecule has 4 rings (SSSR count). The number of aromatic nitrogens is 2. The molecule has 0 radical (unpaired) electrons. The molecule has 186 valence electrons. The molecule has 0 spiro atoms. The highest BCUT2D eigenvalue weighted by atomic mass is 32.2. The molecule has 0 amide bonds. The van der Waals surface area contributed by atoms with E-state index in [2.05, 4.69) is 48.0 Å². The lowest BCUT2D eigenvalue weighted by Gasteiger charge is -2.28. The van der Waals surface area contributed by atoms with E-state index in [1.807, 2.05) is 18.2 Å². The number of benzene rings is 2. The van der Waals surface area contributed by atoms with Crippen molar-refractivity contribution in [2.75, 3.05) is 25.6 Å². The number of thioether (sulfide) groups is 1. The Balaban J connectivity index is 1.60. The third kappa shape index (κ3) is 6.75. The minimum Gasteiger partial charge on any atom is -0.480 e. The van der Waals surface area contributed by atoms with Crippen LogP contribution in [0.4, 0.5) is 0 Å². The van der Waals surface area contributed by atoms with Crippen LogP contribution in [0.5, 0.6) is 0 Å². The summed E-state index contributed by atoms with van der Waals surface area (Å²) in [7, 11) is 0. The van der Waals surface area contributed by atoms with Crippen LogP contribution >= 0.6 is 11.8 Å². The van der Waals surface area contributed by atoms with Gasteiger partial charge < -0.3 is 14.9 Å². The van der Waals surface area contributed by atoms with Crippen molar-refractivity contribution < 1.29 is 19.7 Å². The summed E-state index contributed by atoms with van der Waals surface area (Å²) in [5.74, 6) is 0.637. The van der Waals surface area contributed by atoms with Crippen molar-refractivity contribution in [3.63, 3.8) is 0 Å². The predicted octanol–water partition coefficient (Wildman–Crippen LogP) is 5.52. The van der Waals surface area contributed by atoms with Gasteiger partial charge in [0.1, 0.15) is 17.3 Å². The van der Waals surface area contributed by atoms with Crippen molar-refractivity contribution >= 4 is 17.7 Å². The van der Waals surface area contributed by atoms with Gasteiger partial charge in [-0.05, 0) is 50.0 Å². The summed E-state index contributed by atoms with van der Waals surface area (Å²) in [6.07, 6.45) is 4.24. The summed E-state index contributed by atoms with van der Waals surface area (Å²) in [5, 5.41) is 24.6. The first-order valence-electron chi connectivity index (χ1n) is 12.3. The number of carboxylic acids is 1. The molecule has 1 heterocycles. The third-order valence-electron chi connectivity index (χ3n) is 6.57. The molecule has 2 aromatic carbocycles. The van der Waals surface area contributed by atoms with Gasteiger partial charge in [-0.1, -0.05) is 60.2 Å². The van der Waals surface area contributed by atoms with Gasteiger partial charge in [0, 0.05) is 23.4 Å². The molecular formula is C28H34N2O4S. The van der Waals surface area contributed by atoms with Crippen LogP contribution in [0.1, 0.15) is 31.2 Å². The molecule has 0 bridgehead atoms. The summed E-state index contributed by atoms with van der Waals surface area (Å²) in [5.41, 5.74) is 5.56. The van der Waals surface area contributed by atoms with E-state index in [-0.39, 0.29) is 13.2 Å². The summed E-state index contributed by atoms with van der Waals surface area (Å²) in [6, 6.07) is 18.9. The lowest BCUT2D eigenvalue weighted by molar-refractivity contribution is -0.142. The SMILES string of the molecule is Cc1cccc(-c2c(-c3ccccc3)nn(C[C@H]3CC[C@@H](COCC(=O)O)CC3)c2SCCO)c1. The van der Waals surface area contributed by atoms with Crippen LogP contribution in [0, 0.1) is 18.8 Å². The lowest BCUT2D eigenvalue weighted by Crippen LogP contribution is -2.23. The van der Waals surface area contributed by atoms with Crippen molar-refractivity contribution in [3.8, 4) is 22.4 Å². The summed E-state index contributed by atoms with van der Waals surface area (Å²) in [4.78, 5) is 10.7. The third-order valence-corrected chi connectivity index (χ3v) is 7.64. The van der Waals surface area contributed by atoms with Crippen LogP contribution in [0.2, 0.25) is 0 Å². The highest BCUT2D eigenvalue weighted by molar-refractivity contribution is 7.99. The second-order valence-electron chi connectivity index (χ2n) is 9.31. The maximum atomic E-state index is 10.7. The maximum absolute atomic E-state index is 10.7. The number of hydrogen-bond acceptors (Lipinski definition) is 5. The molecule has 1 saturated carbocycles. The zero-order valence-electron chi connectivity index (χ0n) is 20.2. The van der Waals surface area contributed by atoms with Gasteiger partial charge in [-0.3, -0.25) is 4.68 Å². The lowest BCUT2D eigenvalue weighted by atomic mass is 9.82. The van der Waals surface area contributed by atoms with E-state index in [1.165, 1.54) is 5.56 Å². The molecule has 0 saturated heterocycles. The minimum atomic E-state index is -0.913. The fourth-order valence-corrected chi connectivity index (χ4v) is 5.76. The Labute approximate surface area is 211 Å². The summed E-state index contributed by atoms with van der Waals surface area (Å²) < 4.78 is 7.49. The van der Waals surface area contributed by atoms with Gasteiger partial charge in [0.25, 0.3) is 0 Å². The highest BCUT2D eigenvalue weighted by Crippen LogP contribution is 2.41. The molecule has 35 heavy (non-hydrogen) atoms. The molecule has 0 unspecified atom stereocenters. The van der Waals surface area contributed by atoms with Gasteiger partial charge in [-0.2, -0.15) is 5.10 Å². The molecule has 3 aromatic rings. The number of aliphatic hydroxyl groups excluding tert-OH is 1. The largest absolute Gasteiger partial charge is 0.480 e. The van der Waals surface area contributed by atoms with Crippen molar-refractivity contribution in [2.24, 2.45) is 11.8 Å². The monoisotopic (exact) mass is 494 g/mol. The topological polar surface area (TPSA) is 84.6 Å². The Kier molecular flexibility index (Phi) is 9.01. The fourth-order valence-electron chi connectivity index (χ4n) is 4.86. The van der Waals surface area contributed by atoms with Gasteiger partial charge in [0.2, 0.25) is 0 Å². The van der Waals surface area contributed by atoms with Crippen LogP contribution in [0.3, 0.4) is 0 Å². The molecule has 0 aliphatic heterocycles. The molecule has 1 aliphatic carbocycles. The molecule has 1 fully saturated rings. The van der Waals surface area contributed by atoms with Gasteiger partial charge in [-0.25, -0.2) is 4.79 Å². The Hall–Kier alpha value is -2.61. The van der Waals surface area contributed by atoms with Gasteiger partial charge in [0.05, 0.1) is 13.2 Å². The van der Waals surface area contributed by atoms with Gasteiger partial charge in [0.15, 0.2) is 0 Å². The fraction of sp³-hybridized carbons (Fsp3) is 0.429. The first-order chi connectivity index (χ1) is 17.0. The Morgan fingerprint density at radius 1 is 1.06 bits per heavy atom. The van der Waals surface area contributed by atoms with Crippen LogP contribution < -0.4 is 0 Å². The average molecular weight is 495 g/mol.